The summed E-state index contributed by atoms with van der Waals surface area (Å²) in [6.07, 6.45) is 4.16. The summed E-state index contributed by atoms with van der Waals surface area (Å²) >= 11 is 5.83. The average Bonchev–Trinajstić information content (AvgIpc) is 2.74. The largest absolute Gasteiger partial charge is 0.340 e. The molecule has 31 heavy (non-hydrogen) atoms. The zero-order valence-electron chi connectivity index (χ0n) is 19.0. The molecule has 1 saturated carbocycles. The Kier molecular flexibility index (Phi) is 8.00. The van der Waals surface area contributed by atoms with Gasteiger partial charge in [-0.25, -0.2) is 13.4 Å². The number of carbonyl (C=O) groups excluding carboxylic acids is 1. The average molecular weight is 471 g/mol. The van der Waals surface area contributed by atoms with Crippen LogP contribution in [0.15, 0.2) is 23.2 Å². The van der Waals surface area contributed by atoms with Gasteiger partial charge in [0.25, 0.3) is 0 Å². The lowest BCUT2D eigenvalue weighted by Crippen LogP contribution is -2.53. The van der Waals surface area contributed by atoms with Crippen LogP contribution in [0.5, 0.6) is 0 Å². The summed E-state index contributed by atoms with van der Waals surface area (Å²) in [6.45, 7) is 11.6. The quantitative estimate of drug-likeness (QED) is 0.596. The molecular formula is C22H35ClN4O3S. The maximum atomic E-state index is 13.3. The van der Waals surface area contributed by atoms with E-state index >= 15 is 0 Å². The number of aromatic nitrogens is 1. The van der Waals surface area contributed by atoms with Crippen molar-refractivity contribution in [1.29, 1.82) is 0 Å². The summed E-state index contributed by atoms with van der Waals surface area (Å²) in [5, 5.41) is 0.267. The molecule has 0 radical (unpaired) electrons. The van der Waals surface area contributed by atoms with E-state index in [0.717, 1.165) is 39.0 Å². The minimum absolute atomic E-state index is 0.00392. The highest BCUT2D eigenvalue weighted by Crippen LogP contribution is 2.33. The number of nitrogens with zero attached hydrogens (tertiary/aromatic N) is 4. The first-order chi connectivity index (χ1) is 14.6. The lowest BCUT2D eigenvalue weighted by molar-refractivity contribution is -0.138. The van der Waals surface area contributed by atoms with Crippen LogP contribution < -0.4 is 0 Å². The number of hydrogen-bond donors (Lipinski definition) is 0. The predicted molar refractivity (Wildman–Crippen MR) is 122 cm³/mol. The van der Waals surface area contributed by atoms with Crippen LogP contribution in [-0.2, 0) is 14.8 Å². The molecule has 2 fully saturated rings. The van der Waals surface area contributed by atoms with Gasteiger partial charge in [0.05, 0.1) is 0 Å². The Hall–Kier alpha value is -1.22. The summed E-state index contributed by atoms with van der Waals surface area (Å²) in [4.78, 5) is 21.5. The molecule has 1 amide bonds. The minimum atomic E-state index is -3.68. The molecule has 2 heterocycles. The second-order valence-electron chi connectivity index (χ2n) is 9.21. The Labute approximate surface area is 191 Å². The van der Waals surface area contributed by atoms with Gasteiger partial charge in [-0.3, -0.25) is 9.69 Å². The Bertz CT molecular complexity index is 844. The predicted octanol–water partition coefficient (Wildman–Crippen LogP) is 3.25. The SMILES string of the molecule is CC(C)N1CCN(C(=O)[C@H]2CC[C@H](N(C(C)C)S(=O)(=O)c3ccc(Cl)nc3)CC2)CC1. The number of pyridine rings is 1. The van der Waals surface area contributed by atoms with E-state index in [0.29, 0.717) is 18.9 Å². The number of piperazine rings is 1. The zero-order chi connectivity index (χ0) is 22.8. The molecule has 0 spiro atoms. The first-order valence-corrected chi connectivity index (χ1v) is 13.1. The number of rotatable bonds is 6. The van der Waals surface area contributed by atoms with E-state index in [2.05, 4.69) is 23.7 Å². The molecule has 0 aromatic carbocycles. The Balaban J connectivity index is 1.63. The van der Waals surface area contributed by atoms with Crippen molar-refractivity contribution in [2.45, 2.75) is 76.4 Å². The summed E-state index contributed by atoms with van der Waals surface area (Å²) < 4.78 is 28.2. The molecular weight excluding hydrogens is 436 g/mol. The second kappa shape index (κ2) is 10.1. The highest BCUT2D eigenvalue weighted by atomic mass is 35.5. The van der Waals surface area contributed by atoms with Gasteiger partial charge in [-0.2, -0.15) is 4.31 Å². The maximum Gasteiger partial charge on any atom is 0.245 e. The van der Waals surface area contributed by atoms with Crippen molar-refractivity contribution in [3.05, 3.63) is 23.5 Å². The summed E-state index contributed by atoms with van der Waals surface area (Å²) in [6, 6.07) is 3.23. The van der Waals surface area contributed by atoms with Gasteiger partial charge in [-0.1, -0.05) is 11.6 Å². The molecule has 0 bridgehead atoms. The van der Waals surface area contributed by atoms with Gasteiger partial charge in [-0.15, -0.1) is 0 Å². The molecule has 1 aromatic heterocycles. The third-order valence-electron chi connectivity index (χ3n) is 6.55. The molecule has 1 aromatic rings. The van der Waals surface area contributed by atoms with Crippen molar-refractivity contribution in [3.63, 3.8) is 0 Å². The van der Waals surface area contributed by atoms with E-state index in [9.17, 15) is 13.2 Å². The first kappa shape index (κ1) is 24.4. The lowest BCUT2D eigenvalue weighted by Gasteiger charge is -2.41. The standard InChI is InChI=1S/C22H35ClN4O3S/c1-16(2)25-11-13-26(14-12-25)22(28)18-5-7-19(8-6-18)27(17(3)4)31(29,30)20-9-10-21(23)24-15-20/h9-10,15-19H,5-8,11-14H2,1-4H3/t18-,19-. The third kappa shape index (κ3) is 5.59. The molecule has 0 N–H and O–H groups in total. The van der Waals surface area contributed by atoms with Gasteiger partial charge in [-0.05, 0) is 65.5 Å². The molecule has 0 unspecified atom stereocenters. The fraction of sp³-hybridized carbons (Fsp3) is 0.727. The van der Waals surface area contributed by atoms with E-state index in [4.69, 9.17) is 11.6 Å². The summed E-state index contributed by atoms with van der Waals surface area (Å²) in [5.74, 6) is 0.235. The minimum Gasteiger partial charge on any atom is -0.340 e. The molecule has 7 nitrogen and oxygen atoms in total. The van der Waals surface area contributed by atoms with Crippen molar-refractivity contribution in [2.75, 3.05) is 26.2 Å². The van der Waals surface area contributed by atoms with Gasteiger partial charge >= 0.3 is 0 Å². The maximum absolute atomic E-state index is 13.3. The number of amides is 1. The first-order valence-electron chi connectivity index (χ1n) is 11.3. The highest BCUT2D eigenvalue weighted by molar-refractivity contribution is 7.89. The van der Waals surface area contributed by atoms with Crippen LogP contribution in [0.4, 0.5) is 0 Å². The van der Waals surface area contributed by atoms with Crippen LogP contribution in [0.25, 0.3) is 0 Å². The molecule has 174 valence electrons. The molecule has 2 aliphatic rings. The van der Waals surface area contributed by atoms with E-state index in [1.807, 2.05) is 18.7 Å². The van der Waals surface area contributed by atoms with Crippen LogP contribution in [0.3, 0.4) is 0 Å². The molecule has 9 heteroatoms. The van der Waals surface area contributed by atoms with Crippen LogP contribution in [0.2, 0.25) is 5.15 Å². The number of sulfonamides is 1. The van der Waals surface area contributed by atoms with Gasteiger partial charge < -0.3 is 4.90 Å². The van der Waals surface area contributed by atoms with E-state index < -0.39 is 10.0 Å². The normalized spacial score (nSPS) is 23.7. The van der Waals surface area contributed by atoms with Gasteiger partial charge in [0, 0.05) is 56.4 Å². The topological polar surface area (TPSA) is 73.8 Å². The Morgan fingerprint density at radius 3 is 2.16 bits per heavy atom. The van der Waals surface area contributed by atoms with E-state index in [1.54, 1.807) is 4.31 Å². The van der Waals surface area contributed by atoms with Crippen molar-refractivity contribution in [3.8, 4) is 0 Å². The number of halogens is 1. The van der Waals surface area contributed by atoms with Crippen LogP contribution in [-0.4, -0.2) is 77.7 Å². The third-order valence-corrected chi connectivity index (χ3v) is 8.88. The Morgan fingerprint density at radius 2 is 1.68 bits per heavy atom. The molecule has 0 atom stereocenters. The van der Waals surface area contributed by atoms with Crippen molar-refractivity contribution in [1.82, 2.24) is 19.1 Å². The monoisotopic (exact) mass is 470 g/mol. The highest BCUT2D eigenvalue weighted by Gasteiger charge is 2.38. The second-order valence-corrected chi connectivity index (χ2v) is 11.4. The molecule has 3 rings (SSSR count). The Morgan fingerprint density at radius 1 is 1.06 bits per heavy atom. The van der Waals surface area contributed by atoms with Gasteiger partial charge in [0.2, 0.25) is 15.9 Å². The zero-order valence-corrected chi connectivity index (χ0v) is 20.6. The number of carbonyl (C=O) groups is 1. The fourth-order valence-electron chi connectivity index (χ4n) is 4.83. The molecule has 1 aliphatic heterocycles. The number of hydrogen-bond acceptors (Lipinski definition) is 5. The van der Waals surface area contributed by atoms with Gasteiger partial charge in [0.1, 0.15) is 10.0 Å². The fourth-order valence-corrected chi connectivity index (χ4v) is 6.77. The smallest absolute Gasteiger partial charge is 0.245 e. The summed E-state index contributed by atoms with van der Waals surface area (Å²) in [7, 11) is -3.68. The van der Waals surface area contributed by atoms with Crippen LogP contribution in [0.1, 0.15) is 53.4 Å². The van der Waals surface area contributed by atoms with Crippen molar-refractivity contribution >= 4 is 27.5 Å². The van der Waals surface area contributed by atoms with Crippen LogP contribution in [0, 0.1) is 5.92 Å². The van der Waals surface area contributed by atoms with Gasteiger partial charge in [0.15, 0.2) is 0 Å². The van der Waals surface area contributed by atoms with E-state index in [1.165, 1.54) is 18.3 Å². The van der Waals surface area contributed by atoms with Crippen molar-refractivity contribution in [2.24, 2.45) is 5.92 Å². The molecule has 1 saturated heterocycles. The van der Waals surface area contributed by atoms with Crippen LogP contribution >= 0.6 is 11.6 Å². The van der Waals surface area contributed by atoms with E-state index in [-0.39, 0.29) is 34.0 Å². The lowest BCUT2D eigenvalue weighted by atomic mass is 9.84. The van der Waals surface area contributed by atoms with Crippen molar-refractivity contribution < 1.29 is 13.2 Å². The molecule has 1 aliphatic carbocycles. The summed E-state index contributed by atoms with van der Waals surface area (Å²) in [5.41, 5.74) is 0.